The van der Waals surface area contributed by atoms with E-state index in [4.69, 9.17) is 47.8 Å². The van der Waals surface area contributed by atoms with Crippen LogP contribution in [0.2, 0.25) is 12.9 Å². The van der Waals surface area contributed by atoms with Gasteiger partial charge in [-0.25, -0.2) is 38.2 Å². The standard InChI is InChI=1S/C32H28Cl2N8O4S2/c33-25-13-17(9-11-23(25)31(47(39,43)44)15-27(41-37)29(35)19-5-1-3-7-21(19)31)18-10-12-24(26(34)14-18)32(48(40,45)46)16-28(42-38)30(36)20-6-2-4-8-22(20)32/h1-14,37-38H,15-16,35-36H2,(H2,39,43,44)(H2,40,45,46)/b41-37+,42-38+. The van der Waals surface area contributed by atoms with E-state index in [1.807, 2.05) is 0 Å². The van der Waals surface area contributed by atoms with Gasteiger partial charge in [-0.1, -0.05) is 96.0 Å². The number of nitrogens with one attached hydrogen (secondary N) is 2. The second kappa shape index (κ2) is 11.6. The quantitative estimate of drug-likeness (QED) is 0.128. The number of benzene rings is 4. The predicted octanol–water partition coefficient (Wildman–Crippen LogP) is 5.85. The van der Waals surface area contributed by atoms with E-state index < -0.39 is 29.5 Å². The van der Waals surface area contributed by atoms with Crippen molar-refractivity contribution in [3.05, 3.63) is 140 Å². The zero-order valence-corrected chi connectivity index (χ0v) is 27.9. The summed E-state index contributed by atoms with van der Waals surface area (Å²) in [5.74, 6) is 0. The van der Waals surface area contributed by atoms with Gasteiger partial charge in [-0.3, -0.25) is 0 Å². The average molecular weight is 724 g/mol. The first kappa shape index (κ1) is 30.9. The van der Waals surface area contributed by atoms with Gasteiger partial charge in [0.2, 0.25) is 22.9 Å². The number of hydrogen-bond donors (Lipinski definition) is 6. The predicted molar refractivity (Wildman–Crippen MR) is 184 cm³/mol. The molecule has 0 radical (unpaired) electrons. The molecule has 16 heteroatoms. The third-order valence-corrected chi connectivity index (χ3v) is 12.9. The normalized spacial score (nSPS) is 22.1. The molecule has 0 bridgehead atoms. The maximum atomic E-state index is 13.6. The van der Waals surface area contributed by atoms with E-state index >= 15 is 0 Å². The smallest absolute Gasteiger partial charge is 0.223 e. The van der Waals surface area contributed by atoms with Gasteiger partial charge in [-0.2, -0.15) is 10.2 Å². The molecular formula is C32H28Cl2N8O4S2. The monoisotopic (exact) mass is 722 g/mol. The first-order valence-corrected chi connectivity index (χ1v) is 18.0. The Balaban J connectivity index is 1.50. The number of primary sulfonamides is 2. The molecule has 0 aromatic heterocycles. The number of fused-ring (bicyclic) bond motifs is 2. The molecule has 0 aliphatic heterocycles. The molecule has 2 aliphatic carbocycles. The summed E-state index contributed by atoms with van der Waals surface area (Å²) < 4.78 is 65.0. The molecule has 6 rings (SSSR count). The maximum absolute atomic E-state index is 13.6. The molecule has 4 aromatic carbocycles. The Hall–Kier alpha value is -4.44. The summed E-state index contributed by atoms with van der Waals surface area (Å²) in [5, 5.41) is 19.6. The highest BCUT2D eigenvalue weighted by molar-refractivity contribution is 7.90. The molecule has 48 heavy (non-hydrogen) atoms. The van der Waals surface area contributed by atoms with Crippen molar-refractivity contribution >= 4 is 54.6 Å². The van der Waals surface area contributed by atoms with Crippen LogP contribution >= 0.6 is 23.2 Å². The SMILES string of the molecule is [H]/N=N/C1=C(N)c2ccccc2C(c2ccc(-c3ccc(C4(S(N)(=O)=O)CC(/N=N/[H])=C(N)c5ccccc54)c(Cl)c3)cc2Cl)(S(N)(=O)=O)C1. The molecule has 0 saturated carbocycles. The summed E-state index contributed by atoms with van der Waals surface area (Å²) in [7, 11) is -8.95. The molecule has 2 atom stereocenters. The maximum Gasteiger partial charge on any atom is 0.223 e. The van der Waals surface area contributed by atoms with Crippen LogP contribution in [0.5, 0.6) is 0 Å². The van der Waals surface area contributed by atoms with Crippen LogP contribution in [0.1, 0.15) is 46.2 Å². The van der Waals surface area contributed by atoms with Gasteiger partial charge in [0.05, 0.1) is 22.8 Å². The minimum atomic E-state index is -4.48. The van der Waals surface area contributed by atoms with Crippen LogP contribution in [0.25, 0.3) is 22.5 Å². The second-order valence-electron chi connectivity index (χ2n) is 11.5. The van der Waals surface area contributed by atoms with E-state index in [0.29, 0.717) is 22.3 Å². The Morgan fingerprint density at radius 2 is 1.00 bits per heavy atom. The number of sulfonamides is 2. The van der Waals surface area contributed by atoms with Crippen molar-refractivity contribution < 1.29 is 19.7 Å². The highest BCUT2D eigenvalue weighted by Crippen LogP contribution is 2.53. The third kappa shape index (κ3) is 4.78. The molecular weight excluding hydrogens is 695 g/mol. The molecule has 4 aromatic rings. The first-order valence-electron chi connectivity index (χ1n) is 15.0. The van der Waals surface area contributed by atoms with Gasteiger partial charge in [-0.15, -0.1) is 0 Å². The number of nitrogens with two attached hydrogens (primary N) is 4. The molecule has 246 valence electrons. The van der Waals surface area contributed by atoms with Crippen LogP contribution in [0.15, 0.2) is 107 Å². The minimum Gasteiger partial charge on any atom is -0.397 e. The van der Waals surface area contributed by atoms with Crippen molar-refractivity contribution in [3.63, 3.8) is 0 Å². The number of allylic oxidation sites excluding steroid dienone is 2. The largest absolute Gasteiger partial charge is 0.397 e. The summed E-state index contributed by atoms with van der Waals surface area (Å²) in [6.45, 7) is 0. The fourth-order valence-electron chi connectivity index (χ4n) is 6.82. The minimum absolute atomic E-state index is 0.0300. The highest BCUT2D eigenvalue weighted by atomic mass is 35.5. The molecule has 0 fully saturated rings. The Morgan fingerprint density at radius 1 is 0.625 bits per heavy atom. The lowest BCUT2D eigenvalue weighted by molar-refractivity contribution is 0.544. The molecule has 10 N–H and O–H groups in total. The topological polar surface area (TPSA) is 245 Å². The Kier molecular flexibility index (Phi) is 7.47. The van der Waals surface area contributed by atoms with Crippen LogP contribution in [-0.4, -0.2) is 16.8 Å². The summed E-state index contributed by atoms with van der Waals surface area (Å²) in [5.41, 5.74) is 21.8. The van der Waals surface area contributed by atoms with Crippen molar-refractivity contribution in [1.82, 2.24) is 0 Å². The molecule has 0 spiro atoms. The van der Waals surface area contributed by atoms with Crippen LogP contribution < -0.4 is 21.7 Å². The second-order valence-corrected chi connectivity index (χ2v) is 15.9. The van der Waals surface area contributed by atoms with Crippen molar-refractivity contribution in [2.75, 3.05) is 0 Å². The molecule has 0 saturated heterocycles. The van der Waals surface area contributed by atoms with Crippen LogP contribution in [0, 0.1) is 11.0 Å². The fraction of sp³-hybridized carbons (Fsp3) is 0.125. The number of hydrogen-bond acceptors (Lipinski definition) is 10. The molecule has 0 amide bonds. The van der Waals surface area contributed by atoms with E-state index in [0.717, 1.165) is 0 Å². The van der Waals surface area contributed by atoms with Crippen molar-refractivity contribution in [2.45, 2.75) is 22.3 Å². The van der Waals surface area contributed by atoms with Crippen LogP contribution in [-0.2, 0) is 29.5 Å². The van der Waals surface area contributed by atoms with Crippen LogP contribution in [0.3, 0.4) is 0 Å². The van der Waals surface area contributed by atoms with Gasteiger partial charge < -0.3 is 11.5 Å². The van der Waals surface area contributed by atoms with Gasteiger partial charge in [0, 0.05) is 34.0 Å². The molecule has 12 nitrogen and oxygen atoms in total. The van der Waals surface area contributed by atoms with E-state index in [1.54, 1.807) is 60.7 Å². The summed E-state index contributed by atoms with van der Waals surface area (Å²) in [6, 6.07) is 22.4. The van der Waals surface area contributed by atoms with E-state index in [-0.39, 0.29) is 67.9 Å². The van der Waals surface area contributed by atoms with Crippen LogP contribution in [0.4, 0.5) is 0 Å². The first-order chi connectivity index (χ1) is 23.6. The van der Waals surface area contributed by atoms with Crippen molar-refractivity contribution in [2.24, 2.45) is 32.0 Å². The number of halogens is 2. The zero-order chi connectivity index (χ0) is 36.2. The Bertz CT molecular complexity index is 2270. The van der Waals surface area contributed by atoms with Crippen molar-refractivity contribution in [3.8, 4) is 11.1 Å². The molecule has 2 unspecified atom stereocenters. The summed E-state index contributed by atoms with van der Waals surface area (Å²) >= 11 is 13.8. The Labute approximate surface area is 289 Å². The van der Waals surface area contributed by atoms with Crippen molar-refractivity contribution in [1.29, 1.82) is 11.0 Å². The zero-order valence-electron chi connectivity index (χ0n) is 26.8. The highest BCUT2D eigenvalue weighted by Gasteiger charge is 2.52. The average Bonchev–Trinajstić information content (AvgIpc) is 3.07. The molecule has 0 heterocycles. The lowest BCUT2D eigenvalue weighted by Gasteiger charge is -2.38. The summed E-state index contributed by atoms with van der Waals surface area (Å²) in [4.78, 5) is 0. The third-order valence-electron chi connectivity index (χ3n) is 9.11. The fourth-order valence-corrected chi connectivity index (χ4v) is 10.2. The Morgan fingerprint density at radius 3 is 1.33 bits per heavy atom. The van der Waals surface area contributed by atoms with Gasteiger partial charge in [0.1, 0.15) is 9.49 Å². The number of nitrogens with zero attached hydrogens (tertiary/aromatic N) is 2. The van der Waals surface area contributed by atoms with E-state index in [9.17, 15) is 16.8 Å². The van der Waals surface area contributed by atoms with Gasteiger partial charge in [0.15, 0.2) is 0 Å². The van der Waals surface area contributed by atoms with E-state index in [2.05, 4.69) is 21.3 Å². The van der Waals surface area contributed by atoms with E-state index in [1.165, 1.54) is 24.3 Å². The number of rotatable bonds is 7. The van der Waals surface area contributed by atoms with Gasteiger partial charge >= 0.3 is 0 Å². The summed E-state index contributed by atoms with van der Waals surface area (Å²) in [6.07, 6.45) is -0.678. The van der Waals surface area contributed by atoms with Gasteiger partial charge in [0.25, 0.3) is 0 Å². The molecule has 2 aliphatic rings. The lowest BCUT2D eigenvalue weighted by Crippen LogP contribution is -2.45. The lowest BCUT2D eigenvalue weighted by atomic mass is 9.78. The van der Waals surface area contributed by atoms with Gasteiger partial charge in [-0.05, 0) is 45.5 Å².